The fourth-order valence-corrected chi connectivity index (χ4v) is 6.54. The van der Waals surface area contributed by atoms with Crippen LogP contribution in [0.25, 0.3) is 0 Å². The SMILES string of the molecule is COC(=O)C1=C(C)N=C2SC=C(CC(=O)N[C@@H]3C[C@H]4CC[C@H]3C4)N2[C@H]1c1cccc(F)c1. The maximum Gasteiger partial charge on any atom is 0.338 e. The van der Waals surface area contributed by atoms with Gasteiger partial charge in [-0.1, -0.05) is 30.3 Å². The van der Waals surface area contributed by atoms with Gasteiger partial charge in [0.05, 0.1) is 30.8 Å². The number of carbonyl (C=O) groups is 2. The second-order valence-electron chi connectivity index (χ2n) is 8.97. The number of methoxy groups -OCH3 is 1. The molecule has 1 N–H and O–H groups in total. The average molecular weight is 456 g/mol. The van der Waals surface area contributed by atoms with Crippen molar-refractivity contribution >= 4 is 28.8 Å². The van der Waals surface area contributed by atoms with Crippen LogP contribution in [0.5, 0.6) is 0 Å². The molecule has 2 fully saturated rings. The molecule has 0 unspecified atom stereocenters. The third-order valence-electron chi connectivity index (χ3n) is 7.00. The molecule has 2 saturated carbocycles. The molecule has 4 aliphatic rings. The summed E-state index contributed by atoms with van der Waals surface area (Å²) in [6.45, 7) is 1.75. The van der Waals surface area contributed by atoms with E-state index in [2.05, 4.69) is 10.3 Å². The summed E-state index contributed by atoms with van der Waals surface area (Å²) < 4.78 is 19.1. The standard InChI is InChI=1S/C24H26FN3O3S/c1-13-21(23(30)31-2)22(16-4-3-5-17(25)10-16)28-18(12-32-24(28)26-13)11-20(29)27-19-9-14-6-7-15(19)8-14/h3-5,10,12,14-15,19,22H,6-9,11H2,1-2H3,(H,27,29)/t14-,15-,19+,22-/m0/s1. The molecule has 2 heterocycles. The number of nitrogens with zero attached hydrogens (tertiary/aromatic N) is 2. The first-order chi connectivity index (χ1) is 15.4. The second-order valence-corrected chi connectivity index (χ2v) is 9.80. The van der Waals surface area contributed by atoms with Crippen molar-refractivity contribution in [2.45, 2.75) is 51.1 Å². The zero-order chi connectivity index (χ0) is 22.4. The molecular formula is C24H26FN3O3S. The van der Waals surface area contributed by atoms with Crippen LogP contribution in [-0.2, 0) is 14.3 Å². The van der Waals surface area contributed by atoms with Crippen molar-refractivity contribution in [3.8, 4) is 0 Å². The first-order valence-electron chi connectivity index (χ1n) is 11.0. The van der Waals surface area contributed by atoms with Crippen LogP contribution in [0, 0.1) is 17.7 Å². The van der Waals surface area contributed by atoms with Crippen LogP contribution in [0.3, 0.4) is 0 Å². The molecule has 1 aromatic rings. The molecule has 6 nitrogen and oxygen atoms in total. The molecule has 0 aromatic heterocycles. The van der Waals surface area contributed by atoms with Crippen LogP contribution in [0.15, 0.2) is 51.6 Å². The van der Waals surface area contributed by atoms with Crippen LogP contribution in [0.2, 0.25) is 0 Å². The summed E-state index contributed by atoms with van der Waals surface area (Å²) in [6, 6.07) is 5.84. The number of benzene rings is 1. The summed E-state index contributed by atoms with van der Waals surface area (Å²) in [4.78, 5) is 32.1. The number of thioether (sulfide) groups is 1. The second kappa shape index (κ2) is 8.39. The molecule has 5 rings (SSSR count). The Balaban J connectivity index is 1.42. The molecule has 2 aliphatic carbocycles. The number of hydrogen-bond donors (Lipinski definition) is 1. The Hall–Kier alpha value is -2.61. The number of fused-ring (bicyclic) bond motifs is 3. The summed E-state index contributed by atoms with van der Waals surface area (Å²) >= 11 is 1.41. The lowest BCUT2D eigenvalue weighted by Gasteiger charge is -2.36. The maximum absolute atomic E-state index is 14.1. The van der Waals surface area contributed by atoms with E-state index >= 15 is 0 Å². The van der Waals surface area contributed by atoms with Crippen LogP contribution in [-0.4, -0.2) is 35.1 Å². The molecule has 4 atom stereocenters. The molecule has 0 saturated heterocycles. The van der Waals surface area contributed by atoms with Crippen molar-refractivity contribution in [1.82, 2.24) is 10.2 Å². The number of rotatable bonds is 5. The number of esters is 1. The van der Waals surface area contributed by atoms with Crippen molar-refractivity contribution in [3.63, 3.8) is 0 Å². The predicted octanol–water partition coefficient (Wildman–Crippen LogP) is 4.27. The summed E-state index contributed by atoms with van der Waals surface area (Å²) in [5.74, 6) is 0.418. The van der Waals surface area contributed by atoms with E-state index in [1.54, 1.807) is 19.1 Å². The molecule has 168 valence electrons. The highest BCUT2D eigenvalue weighted by atomic mass is 32.2. The van der Waals surface area contributed by atoms with E-state index in [1.807, 2.05) is 10.3 Å². The molecule has 32 heavy (non-hydrogen) atoms. The minimum Gasteiger partial charge on any atom is -0.466 e. The number of aliphatic imine (C=N–C) groups is 1. The van der Waals surface area contributed by atoms with E-state index in [4.69, 9.17) is 4.74 Å². The number of allylic oxidation sites excluding steroid dienone is 1. The van der Waals surface area contributed by atoms with Gasteiger partial charge in [0.2, 0.25) is 5.91 Å². The van der Waals surface area contributed by atoms with E-state index in [-0.39, 0.29) is 24.2 Å². The number of nitrogens with one attached hydrogen (secondary N) is 1. The summed E-state index contributed by atoms with van der Waals surface area (Å²) in [5.41, 5.74) is 2.24. The maximum atomic E-state index is 14.1. The van der Waals surface area contributed by atoms with Crippen molar-refractivity contribution in [1.29, 1.82) is 0 Å². The number of hydrogen-bond acceptors (Lipinski definition) is 6. The van der Waals surface area contributed by atoms with Crippen molar-refractivity contribution in [2.75, 3.05) is 7.11 Å². The molecule has 8 heteroatoms. The number of amidine groups is 1. The topological polar surface area (TPSA) is 71.0 Å². The van der Waals surface area contributed by atoms with Gasteiger partial charge in [0.15, 0.2) is 5.17 Å². The molecule has 2 aliphatic heterocycles. The first-order valence-corrected chi connectivity index (χ1v) is 11.9. The van der Waals surface area contributed by atoms with Gasteiger partial charge in [-0.2, -0.15) is 0 Å². The molecular weight excluding hydrogens is 429 g/mol. The normalized spacial score (nSPS) is 28.4. The Kier molecular flexibility index (Phi) is 5.57. The fraction of sp³-hybridized carbons (Fsp3) is 0.458. The monoisotopic (exact) mass is 455 g/mol. The molecule has 1 aromatic carbocycles. The fourth-order valence-electron chi connectivity index (χ4n) is 5.58. The van der Waals surface area contributed by atoms with Gasteiger partial charge in [0.25, 0.3) is 0 Å². The highest BCUT2D eigenvalue weighted by Crippen LogP contribution is 2.46. The number of ether oxygens (including phenoxy) is 1. The lowest BCUT2D eigenvalue weighted by atomic mass is 9.93. The molecule has 0 spiro atoms. The van der Waals surface area contributed by atoms with Crippen LogP contribution in [0.4, 0.5) is 4.39 Å². The van der Waals surface area contributed by atoms with E-state index < -0.39 is 12.0 Å². The Morgan fingerprint density at radius 2 is 2.16 bits per heavy atom. The van der Waals surface area contributed by atoms with Crippen LogP contribution >= 0.6 is 11.8 Å². The zero-order valence-corrected chi connectivity index (χ0v) is 19.0. The largest absolute Gasteiger partial charge is 0.466 e. The van der Waals surface area contributed by atoms with E-state index in [0.717, 1.165) is 18.0 Å². The van der Waals surface area contributed by atoms with E-state index in [9.17, 15) is 14.0 Å². The summed E-state index contributed by atoms with van der Waals surface area (Å²) in [5, 5.41) is 5.81. The highest BCUT2D eigenvalue weighted by molar-refractivity contribution is 8.16. The number of halogens is 1. The minimum absolute atomic E-state index is 0.0282. The smallest absolute Gasteiger partial charge is 0.338 e. The van der Waals surface area contributed by atoms with Gasteiger partial charge < -0.3 is 15.0 Å². The first kappa shape index (κ1) is 21.2. The van der Waals surface area contributed by atoms with Gasteiger partial charge >= 0.3 is 5.97 Å². The highest BCUT2D eigenvalue weighted by Gasteiger charge is 2.43. The Labute approximate surface area is 191 Å². The van der Waals surface area contributed by atoms with Crippen molar-refractivity contribution in [3.05, 3.63) is 58.0 Å². The van der Waals surface area contributed by atoms with Crippen molar-refractivity contribution < 1.29 is 18.7 Å². The number of amides is 1. The van der Waals surface area contributed by atoms with Gasteiger partial charge in [-0.3, -0.25) is 4.79 Å². The Bertz CT molecular complexity index is 1070. The van der Waals surface area contributed by atoms with Crippen LogP contribution < -0.4 is 5.32 Å². The Morgan fingerprint density at radius 3 is 2.84 bits per heavy atom. The van der Waals surface area contributed by atoms with Gasteiger partial charge in [-0.15, -0.1) is 0 Å². The summed E-state index contributed by atoms with van der Waals surface area (Å²) in [7, 11) is 1.32. The van der Waals surface area contributed by atoms with Gasteiger partial charge in [-0.05, 0) is 61.1 Å². The third kappa shape index (κ3) is 3.74. The zero-order valence-electron chi connectivity index (χ0n) is 18.1. The van der Waals surface area contributed by atoms with Crippen molar-refractivity contribution in [2.24, 2.45) is 16.8 Å². The van der Waals surface area contributed by atoms with Gasteiger partial charge in [-0.25, -0.2) is 14.2 Å². The molecule has 0 radical (unpaired) electrons. The summed E-state index contributed by atoms with van der Waals surface area (Å²) in [6.07, 6.45) is 4.95. The lowest BCUT2D eigenvalue weighted by molar-refractivity contribution is -0.136. The van der Waals surface area contributed by atoms with Gasteiger partial charge in [0.1, 0.15) is 5.82 Å². The third-order valence-corrected chi connectivity index (χ3v) is 7.89. The minimum atomic E-state index is -0.609. The average Bonchev–Trinajstić information content (AvgIpc) is 3.48. The lowest BCUT2D eigenvalue weighted by Crippen LogP contribution is -2.41. The van der Waals surface area contributed by atoms with Crippen LogP contribution in [0.1, 0.15) is 50.6 Å². The number of carbonyl (C=O) groups excluding carboxylic acids is 2. The predicted molar refractivity (Wildman–Crippen MR) is 121 cm³/mol. The van der Waals surface area contributed by atoms with Gasteiger partial charge in [0, 0.05) is 11.7 Å². The molecule has 1 amide bonds. The van der Waals surface area contributed by atoms with E-state index in [1.165, 1.54) is 50.3 Å². The van der Waals surface area contributed by atoms with E-state index in [0.29, 0.717) is 27.9 Å². The Morgan fingerprint density at radius 1 is 1.31 bits per heavy atom. The quantitative estimate of drug-likeness (QED) is 0.672. The molecule has 2 bridgehead atoms.